The van der Waals surface area contributed by atoms with Gasteiger partial charge in [-0.15, -0.1) is 22.0 Å². The highest BCUT2D eigenvalue weighted by atomic mass is 127. The smallest absolute Gasteiger partial charge is 0.234 e. The molecule has 3 aromatic rings. The molecule has 0 unspecified atom stereocenters. The number of aromatic nitrogens is 3. The molecule has 158 valence electrons. The van der Waals surface area contributed by atoms with E-state index in [4.69, 9.17) is 0 Å². The number of nitrogens with one attached hydrogen (secondary N) is 1. The molecule has 1 heterocycles. The van der Waals surface area contributed by atoms with Gasteiger partial charge in [-0.3, -0.25) is 4.79 Å². The molecule has 0 saturated carbocycles. The van der Waals surface area contributed by atoms with Gasteiger partial charge >= 0.3 is 0 Å². The molecule has 0 aliphatic heterocycles. The fraction of sp³-hybridized carbons (Fsp3) is 0.286. The maximum Gasteiger partial charge on any atom is 0.234 e. The first-order valence-corrected chi connectivity index (χ1v) is 12.4. The van der Waals surface area contributed by atoms with Gasteiger partial charge in [0.1, 0.15) is 11.6 Å². The second-order valence-corrected chi connectivity index (χ2v) is 10.0. The summed E-state index contributed by atoms with van der Waals surface area (Å²) in [5, 5.41) is 12.2. The highest BCUT2D eigenvalue weighted by molar-refractivity contribution is 14.1. The van der Waals surface area contributed by atoms with Crippen molar-refractivity contribution in [1.29, 1.82) is 0 Å². The maximum absolute atomic E-state index is 13.0. The van der Waals surface area contributed by atoms with Gasteiger partial charge in [0.05, 0.1) is 11.5 Å². The second kappa shape index (κ2) is 10.6. The molecular weight excluding hydrogens is 534 g/mol. The summed E-state index contributed by atoms with van der Waals surface area (Å²) < 4.78 is 16.0. The molecular formula is C21H22FIN4OS2. The molecule has 0 aliphatic carbocycles. The van der Waals surface area contributed by atoms with E-state index in [1.807, 2.05) is 25.5 Å². The minimum Gasteiger partial charge on any atom is -0.325 e. The summed E-state index contributed by atoms with van der Waals surface area (Å²) in [5.41, 5.74) is 4.04. The van der Waals surface area contributed by atoms with E-state index in [0.29, 0.717) is 10.9 Å². The number of aryl methyl sites for hydroxylation is 2. The van der Waals surface area contributed by atoms with E-state index in [-0.39, 0.29) is 17.5 Å². The molecule has 0 radical (unpaired) electrons. The normalized spacial score (nSPS) is 11.0. The Hall–Kier alpha value is -1.59. The number of thioether (sulfide) groups is 2. The number of nitrogens with zero attached hydrogens (tertiary/aromatic N) is 3. The lowest BCUT2D eigenvalue weighted by molar-refractivity contribution is -0.113. The molecule has 2 aromatic carbocycles. The molecule has 1 N–H and O–H groups in total. The van der Waals surface area contributed by atoms with E-state index in [1.165, 1.54) is 23.9 Å². The lowest BCUT2D eigenvalue weighted by atomic mass is 10.1. The highest BCUT2D eigenvalue weighted by Crippen LogP contribution is 2.24. The molecule has 9 heteroatoms. The third kappa shape index (κ3) is 6.21. The number of halogens is 2. The van der Waals surface area contributed by atoms with Gasteiger partial charge in [-0.05, 0) is 77.4 Å². The molecule has 0 atom stereocenters. The van der Waals surface area contributed by atoms with Gasteiger partial charge in [0.15, 0.2) is 5.16 Å². The summed E-state index contributed by atoms with van der Waals surface area (Å²) in [6, 6.07) is 10.6. The van der Waals surface area contributed by atoms with Gasteiger partial charge in [-0.25, -0.2) is 4.39 Å². The van der Waals surface area contributed by atoms with Crippen LogP contribution in [0.15, 0.2) is 41.6 Å². The predicted molar refractivity (Wildman–Crippen MR) is 130 cm³/mol. The van der Waals surface area contributed by atoms with E-state index < -0.39 is 0 Å². The Balaban J connectivity index is 1.51. The molecule has 30 heavy (non-hydrogen) atoms. The largest absolute Gasteiger partial charge is 0.325 e. The van der Waals surface area contributed by atoms with Crippen LogP contribution in [0.2, 0.25) is 0 Å². The van der Waals surface area contributed by atoms with E-state index >= 15 is 0 Å². The zero-order valence-corrected chi connectivity index (χ0v) is 20.7. The maximum atomic E-state index is 13.0. The average Bonchev–Trinajstić information content (AvgIpc) is 3.04. The second-order valence-electron chi connectivity index (χ2n) is 6.83. The molecule has 0 spiro atoms. The first kappa shape index (κ1) is 23.1. The Bertz CT molecular complexity index is 1020. The number of amides is 1. The summed E-state index contributed by atoms with van der Waals surface area (Å²) in [6.07, 6.45) is 0. The van der Waals surface area contributed by atoms with Crippen LogP contribution in [0.5, 0.6) is 0 Å². The van der Waals surface area contributed by atoms with Gasteiger partial charge in [0, 0.05) is 22.1 Å². The van der Waals surface area contributed by atoms with Crippen molar-refractivity contribution in [3.05, 3.63) is 68.3 Å². The quantitative estimate of drug-likeness (QED) is 0.300. The summed E-state index contributed by atoms with van der Waals surface area (Å²) in [5.74, 6) is 2.27. The van der Waals surface area contributed by atoms with E-state index in [2.05, 4.69) is 50.2 Å². The molecule has 5 nitrogen and oxygen atoms in total. The zero-order chi connectivity index (χ0) is 21.7. The van der Waals surface area contributed by atoms with E-state index in [1.54, 1.807) is 23.9 Å². The Morgan fingerprint density at radius 1 is 1.13 bits per heavy atom. The number of carbonyl (C=O) groups excluding carboxylic acids is 1. The van der Waals surface area contributed by atoms with Crippen LogP contribution in [-0.4, -0.2) is 26.4 Å². The Labute approximate surface area is 197 Å². The molecule has 0 saturated heterocycles. The van der Waals surface area contributed by atoms with Gasteiger partial charge < -0.3 is 9.88 Å². The van der Waals surface area contributed by atoms with Crippen LogP contribution in [-0.2, 0) is 23.3 Å². The van der Waals surface area contributed by atoms with Crippen molar-refractivity contribution in [2.45, 2.75) is 30.5 Å². The van der Waals surface area contributed by atoms with Gasteiger partial charge in [-0.2, -0.15) is 0 Å². The van der Waals surface area contributed by atoms with E-state index in [0.717, 1.165) is 37.5 Å². The van der Waals surface area contributed by atoms with Gasteiger partial charge in [0.25, 0.3) is 0 Å². The predicted octanol–water partition coefficient (Wildman–Crippen LogP) is 5.34. The average molecular weight is 556 g/mol. The standard InChI is InChI=1S/C21H22FIN4OS2/c1-13-8-17(23)9-14(2)20(13)24-19(28)12-30-21-26-25-18(27(21)3)11-29-10-15-4-6-16(22)7-5-15/h4-9H,10-12H2,1-3H3,(H,24,28). The van der Waals surface area contributed by atoms with Crippen LogP contribution in [0.3, 0.4) is 0 Å². The lowest BCUT2D eigenvalue weighted by Crippen LogP contribution is -2.16. The third-order valence-electron chi connectivity index (χ3n) is 4.43. The molecule has 1 amide bonds. The van der Waals surface area contributed by atoms with Crippen molar-refractivity contribution in [3.63, 3.8) is 0 Å². The monoisotopic (exact) mass is 556 g/mol. The Kier molecular flexibility index (Phi) is 8.18. The topological polar surface area (TPSA) is 59.8 Å². The lowest BCUT2D eigenvalue weighted by Gasteiger charge is -2.12. The van der Waals surface area contributed by atoms with Gasteiger partial charge in [0.2, 0.25) is 5.91 Å². The zero-order valence-electron chi connectivity index (χ0n) is 16.9. The number of carbonyl (C=O) groups is 1. The van der Waals surface area contributed by atoms with Crippen LogP contribution in [0, 0.1) is 23.2 Å². The minimum atomic E-state index is -0.227. The highest BCUT2D eigenvalue weighted by Gasteiger charge is 2.13. The molecule has 0 aliphatic rings. The minimum absolute atomic E-state index is 0.0670. The first-order valence-electron chi connectivity index (χ1n) is 9.23. The summed E-state index contributed by atoms with van der Waals surface area (Å²) in [6.45, 7) is 3.99. The van der Waals surface area contributed by atoms with Crippen molar-refractivity contribution in [3.8, 4) is 0 Å². The van der Waals surface area contributed by atoms with Crippen molar-refractivity contribution in [2.75, 3.05) is 11.1 Å². The van der Waals surface area contributed by atoms with Crippen LogP contribution >= 0.6 is 46.1 Å². The van der Waals surface area contributed by atoms with Crippen LogP contribution < -0.4 is 5.32 Å². The fourth-order valence-corrected chi connectivity index (χ4v) is 5.48. The Morgan fingerprint density at radius 3 is 2.47 bits per heavy atom. The summed E-state index contributed by atoms with van der Waals surface area (Å²) in [4.78, 5) is 12.4. The summed E-state index contributed by atoms with van der Waals surface area (Å²) in [7, 11) is 1.90. The molecule has 0 bridgehead atoms. The summed E-state index contributed by atoms with van der Waals surface area (Å²) >= 11 is 5.33. The van der Waals surface area contributed by atoms with Crippen LogP contribution in [0.1, 0.15) is 22.5 Å². The van der Waals surface area contributed by atoms with Crippen molar-refractivity contribution in [2.24, 2.45) is 7.05 Å². The van der Waals surface area contributed by atoms with Crippen molar-refractivity contribution >= 4 is 57.7 Å². The number of hydrogen-bond acceptors (Lipinski definition) is 5. The first-order chi connectivity index (χ1) is 14.3. The fourth-order valence-electron chi connectivity index (χ4n) is 2.85. The van der Waals surface area contributed by atoms with Gasteiger partial charge in [-0.1, -0.05) is 23.9 Å². The molecule has 0 fully saturated rings. The van der Waals surface area contributed by atoms with Crippen LogP contribution in [0.4, 0.5) is 10.1 Å². The Morgan fingerprint density at radius 2 is 1.80 bits per heavy atom. The van der Waals surface area contributed by atoms with Crippen molar-refractivity contribution in [1.82, 2.24) is 14.8 Å². The number of anilines is 1. The van der Waals surface area contributed by atoms with Crippen molar-refractivity contribution < 1.29 is 9.18 Å². The van der Waals surface area contributed by atoms with E-state index in [9.17, 15) is 9.18 Å². The van der Waals surface area contributed by atoms with Crippen LogP contribution in [0.25, 0.3) is 0 Å². The SMILES string of the molecule is Cc1cc(I)cc(C)c1NC(=O)CSc1nnc(CSCc2ccc(F)cc2)n1C. The molecule has 1 aromatic heterocycles. The number of rotatable bonds is 8. The third-order valence-corrected chi connectivity index (χ3v) is 7.08. The number of hydrogen-bond donors (Lipinski definition) is 1. The molecule has 3 rings (SSSR count). The number of benzene rings is 2.